The van der Waals surface area contributed by atoms with Crippen LogP contribution in [-0.4, -0.2) is 27.9 Å². The number of anilines is 1. The third kappa shape index (κ3) is 4.07. The Morgan fingerprint density at radius 1 is 1.36 bits per heavy atom. The first-order valence-corrected chi connectivity index (χ1v) is 9.05. The van der Waals surface area contributed by atoms with Gasteiger partial charge in [-0.05, 0) is 44.5 Å². The molecule has 6 heteroatoms. The number of likely N-dealkylation sites (N-methyl/N-ethyl adjacent to an activating group) is 1. The number of carbonyl (C=O) groups excluding carboxylic acids is 1. The second kappa shape index (κ2) is 7.48. The molecule has 0 saturated carbocycles. The maximum atomic E-state index is 12.6. The van der Waals surface area contributed by atoms with Crippen molar-refractivity contribution < 1.29 is 14.3 Å². The largest absolute Gasteiger partial charge is 0.461 e. The van der Waals surface area contributed by atoms with Crippen molar-refractivity contribution >= 4 is 28.8 Å². The summed E-state index contributed by atoms with van der Waals surface area (Å²) in [6.07, 6.45) is 4.72. The molecule has 0 fully saturated rings. The molecule has 0 aliphatic rings. The normalized spacial score (nSPS) is 12.0. The molecule has 6 nitrogen and oxygen atoms in total. The van der Waals surface area contributed by atoms with Crippen LogP contribution < -0.4 is 5.73 Å². The van der Waals surface area contributed by atoms with Gasteiger partial charge in [0.25, 0.3) is 0 Å². The minimum absolute atomic E-state index is 0.147. The molecule has 3 N–H and O–H groups in total. The minimum atomic E-state index is -1.11. The van der Waals surface area contributed by atoms with Gasteiger partial charge in [0.2, 0.25) is 5.91 Å². The summed E-state index contributed by atoms with van der Waals surface area (Å²) >= 11 is 0. The first kappa shape index (κ1) is 19.6. The van der Waals surface area contributed by atoms with Crippen molar-refractivity contribution in [1.29, 1.82) is 0 Å². The Hall–Kier alpha value is -3.12. The average molecular weight is 379 g/mol. The summed E-state index contributed by atoms with van der Waals surface area (Å²) < 4.78 is 5.77. The molecule has 0 saturated heterocycles. The van der Waals surface area contributed by atoms with Crippen LogP contribution in [-0.2, 0) is 16.9 Å². The van der Waals surface area contributed by atoms with Gasteiger partial charge in [-0.15, -0.1) is 0 Å². The lowest BCUT2D eigenvalue weighted by Gasteiger charge is -2.19. The van der Waals surface area contributed by atoms with Gasteiger partial charge in [-0.25, -0.2) is 4.98 Å². The molecule has 2 heterocycles. The van der Waals surface area contributed by atoms with Crippen LogP contribution in [0.2, 0.25) is 0 Å². The predicted octanol–water partition coefficient (Wildman–Crippen LogP) is 3.62. The lowest BCUT2D eigenvalue weighted by atomic mass is 9.97. The number of rotatable bonds is 5. The highest BCUT2D eigenvalue weighted by Gasteiger charge is 2.20. The lowest BCUT2D eigenvalue weighted by Crippen LogP contribution is -2.24. The van der Waals surface area contributed by atoms with Crippen molar-refractivity contribution in [2.75, 3.05) is 12.8 Å². The molecule has 1 amide bonds. The summed E-state index contributed by atoms with van der Waals surface area (Å²) in [4.78, 5) is 18.3. The molecule has 0 unspecified atom stereocenters. The standard InChI is InChI=1S/C22H25N3O3/c1-14-17(16-7-5-6-8-19(16)28-14)13-25(4)20(26)10-9-15-11-18(22(2,3)27)21(23)24-12-15/h5-12,27H,13H2,1-4H3,(H2,23,24)/b10-9+. The molecule has 3 rings (SSSR count). The first-order valence-electron chi connectivity index (χ1n) is 9.05. The third-order valence-corrected chi connectivity index (χ3v) is 4.69. The number of aryl methyl sites for hydroxylation is 1. The van der Waals surface area contributed by atoms with Gasteiger partial charge >= 0.3 is 0 Å². The van der Waals surface area contributed by atoms with Crippen molar-refractivity contribution in [2.24, 2.45) is 0 Å². The Morgan fingerprint density at radius 2 is 2.07 bits per heavy atom. The van der Waals surface area contributed by atoms with Crippen LogP contribution >= 0.6 is 0 Å². The highest BCUT2D eigenvalue weighted by Crippen LogP contribution is 2.27. The van der Waals surface area contributed by atoms with E-state index in [2.05, 4.69) is 4.98 Å². The number of fused-ring (bicyclic) bond motifs is 1. The number of pyridine rings is 1. The number of furan rings is 1. The Bertz CT molecular complexity index is 1040. The summed E-state index contributed by atoms with van der Waals surface area (Å²) in [6, 6.07) is 9.53. The van der Waals surface area contributed by atoms with Crippen LogP contribution in [0.25, 0.3) is 17.0 Å². The zero-order chi connectivity index (χ0) is 20.5. The molecule has 0 atom stereocenters. The van der Waals surface area contributed by atoms with E-state index in [9.17, 15) is 9.90 Å². The zero-order valence-electron chi connectivity index (χ0n) is 16.6. The van der Waals surface area contributed by atoms with E-state index in [1.54, 1.807) is 44.1 Å². The van der Waals surface area contributed by atoms with Crippen molar-refractivity contribution in [3.63, 3.8) is 0 Å². The fourth-order valence-electron chi connectivity index (χ4n) is 3.10. The summed E-state index contributed by atoms with van der Waals surface area (Å²) in [7, 11) is 1.75. The first-order chi connectivity index (χ1) is 13.2. The quantitative estimate of drug-likeness (QED) is 0.661. The van der Waals surface area contributed by atoms with Crippen LogP contribution in [0.4, 0.5) is 5.82 Å². The average Bonchev–Trinajstić information content (AvgIpc) is 2.95. The van der Waals surface area contributed by atoms with Crippen molar-refractivity contribution in [1.82, 2.24) is 9.88 Å². The van der Waals surface area contributed by atoms with Crippen LogP contribution in [0.5, 0.6) is 0 Å². The molecule has 0 radical (unpaired) electrons. The number of nitrogen functional groups attached to an aromatic ring is 1. The molecule has 3 aromatic rings. The number of aliphatic hydroxyl groups is 1. The lowest BCUT2D eigenvalue weighted by molar-refractivity contribution is -0.125. The maximum absolute atomic E-state index is 12.6. The van der Waals surface area contributed by atoms with E-state index in [4.69, 9.17) is 10.2 Å². The molecule has 1 aromatic carbocycles. The fraction of sp³-hybridized carbons (Fsp3) is 0.273. The SMILES string of the molecule is Cc1oc2ccccc2c1CN(C)C(=O)/C=C/c1cnc(N)c(C(C)(C)O)c1. The van der Waals surface area contributed by atoms with Crippen LogP contribution in [0.1, 0.15) is 36.3 Å². The molecular formula is C22H25N3O3. The minimum Gasteiger partial charge on any atom is -0.461 e. The predicted molar refractivity (Wildman–Crippen MR) is 110 cm³/mol. The number of benzene rings is 1. The van der Waals surface area contributed by atoms with E-state index >= 15 is 0 Å². The number of hydrogen-bond donors (Lipinski definition) is 2. The van der Waals surface area contributed by atoms with E-state index < -0.39 is 5.60 Å². The number of nitrogens with two attached hydrogens (primary N) is 1. The Kier molecular flexibility index (Phi) is 5.25. The van der Waals surface area contributed by atoms with Gasteiger partial charge in [0.1, 0.15) is 17.2 Å². The number of nitrogens with zero attached hydrogens (tertiary/aromatic N) is 2. The molecule has 0 aliphatic carbocycles. The number of carbonyl (C=O) groups is 1. The Labute approximate surface area is 164 Å². The third-order valence-electron chi connectivity index (χ3n) is 4.69. The smallest absolute Gasteiger partial charge is 0.246 e. The summed E-state index contributed by atoms with van der Waals surface area (Å²) in [5.74, 6) is 0.934. The molecule has 2 aromatic heterocycles. The molecule has 146 valence electrons. The van der Waals surface area contributed by atoms with Gasteiger partial charge < -0.3 is 20.2 Å². The van der Waals surface area contributed by atoms with Gasteiger partial charge in [0, 0.05) is 42.4 Å². The highest BCUT2D eigenvalue weighted by molar-refractivity contribution is 5.92. The topological polar surface area (TPSA) is 92.6 Å². The highest BCUT2D eigenvalue weighted by atomic mass is 16.3. The van der Waals surface area contributed by atoms with Crippen LogP contribution in [0, 0.1) is 6.92 Å². The van der Waals surface area contributed by atoms with Crippen molar-refractivity contribution in [2.45, 2.75) is 32.9 Å². The number of amides is 1. The molecular weight excluding hydrogens is 354 g/mol. The van der Waals surface area contributed by atoms with Crippen molar-refractivity contribution in [3.05, 3.63) is 65.1 Å². The second-order valence-electron chi connectivity index (χ2n) is 7.42. The maximum Gasteiger partial charge on any atom is 0.246 e. The molecule has 28 heavy (non-hydrogen) atoms. The summed E-state index contributed by atoms with van der Waals surface area (Å²) in [5.41, 5.74) is 7.76. The number of para-hydroxylation sites is 1. The van der Waals surface area contributed by atoms with Gasteiger partial charge in [-0.1, -0.05) is 18.2 Å². The Morgan fingerprint density at radius 3 is 2.79 bits per heavy atom. The Balaban J connectivity index is 1.76. The molecule has 0 bridgehead atoms. The van der Waals surface area contributed by atoms with Gasteiger partial charge in [-0.2, -0.15) is 0 Å². The van der Waals surface area contributed by atoms with E-state index in [0.717, 1.165) is 22.3 Å². The second-order valence-corrected chi connectivity index (χ2v) is 7.42. The monoisotopic (exact) mass is 379 g/mol. The van der Waals surface area contributed by atoms with Gasteiger partial charge in [-0.3, -0.25) is 4.79 Å². The fourth-order valence-corrected chi connectivity index (χ4v) is 3.10. The van der Waals surface area contributed by atoms with Gasteiger partial charge in [0.05, 0.1) is 5.60 Å². The zero-order valence-corrected chi connectivity index (χ0v) is 16.6. The van der Waals surface area contributed by atoms with Crippen LogP contribution in [0.15, 0.2) is 47.0 Å². The molecule has 0 spiro atoms. The number of aromatic nitrogens is 1. The summed E-state index contributed by atoms with van der Waals surface area (Å²) in [5, 5.41) is 11.2. The van der Waals surface area contributed by atoms with Gasteiger partial charge in [0.15, 0.2) is 0 Å². The van der Waals surface area contributed by atoms with E-state index in [0.29, 0.717) is 17.7 Å². The van der Waals surface area contributed by atoms with Crippen LogP contribution in [0.3, 0.4) is 0 Å². The van der Waals surface area contributed by atoms with E-state index in [-0.39, 0.29) is 11.7 Å². The van der Waals surface area contributed by atoms with E-state index in [1.807, 2.05) is 31.2 Å². The summed E-state index contributed by atoms with van der Waals surface area (Å²) in [6.45, 7) is 5.64. The molecule has 0 aliphatic heterocycles. The van der Waals surface area contributed by atoms with E-state index in [1.165, 1.54) is 6.08 Å². The van der Waals surface area contributed by atoms with Crippen molar-refractivity contribution in [3.8, 4) is 0 Å². The number of hydrogen-bond acceptors (Lipinski definition) is 5.